The first-order chi connectivity index (χ1) is 11.5. The summed E-state index contributed by atoms with van der Waals surface area (Å²) in [7, 11) is 0. The van der Waals surface area contributed by atoms with Gasteiger partial charge in [-0.1, -0.05) is 17.7 Å². The topological polar surface area (TPSA) is 73.8 Å². The van der Waals surface area contributed by atoms with Crippen molar-refractivity contribution < 1.29 is 4.79 Å². The Bertz CT molecular complexity index is 1130. The Morgan fingerprint density at radius 3 is 2.71 bits per heavy atom. The van der Waals surface area contributed by atoms with E-state index in [0.29, 0.717) is 10.7 Å². The van der Waals surface area contributed by atoms with Crippen molar-refractivity contribution in [2.45, 2.75) is 19.9 Å². The average molecular weight is 339 g/mol. The Morgan fingerprint density at radius 1 is 1.17 bits per heavy atom. The third-order valence-corrected chi connectivity index (χ3v) is 4.54. The second-order valence-corrected chi connectivity index (χ2v) is 6.43. The minimum atomic E-state index is -0.539. The molecule has 120 valence electrons. The second kappa shape index (κ2) is 5.18. The Labute approximate surface area is 143 Å². The van der Waals surface area contributed by atoms with E-state index in [1.165, 1.54) is 0 Å². The predicted octanol–water partition coefficient (Wildman–Crippen LogP) is 3.75. The molecule has 1 atom stereocenters. The molecular weight excluding hydrogens is 324 g/mol. The maximum Gasteiger partial charge on any atom is 0.240 e. The van der Waals surface area contributed by atoms with Gasteiger partial charge in [-0.3, -0.25) is 4.79 Å². The van der Waals surface area contributed by atoms with Crippen LogP contribution in [0.5, 0.6) is 0 Å². The first-order valence-corrected chi connectivity index (χ1v) is 8.00. The van der Waals surface area contributed by atoms with Crippen molar-refractivity contribution in [3.63, 3.8) is 0 Å². The molecule has 24 heavy (non-hydrogen) atoms. The molecule has 2 aromatic heterocycles. The lowest BCUT2D eigenvalue weighted by atomic mass is 10.2. The number of carbonyl (C=O) groups is 1. The van der Waals surface area contributed by atoms with Crippen LogP contribution in [0.4, 0.5) is 0 Å². The fourth-order valence-corrected chi connectivity index (χ4v) is 3.22. The molecule has 2 N–H and O–H groups in total. The van der Waals surface area contributed by atoms with Crippen molar-refractivity contribution in [1.82, 2.24) is 14.5 Å². The largest absolute Gasteiger partial charge is 0.368 e. The van der Waals surface area contributed by atoms with Crippen molar-refractivity contribution in [2.75, 3.05) is 0 Å². The van der Waals surface area contributed by atoms with Gasteiger partial charge in [-0.15, -0.1) is 0 Å². The Kier molecular flexibility index (Phi) is 3.21. The van der Waals surface area contributed by atoms with Crippen LogP contribution in [0.2, 0.25) is 5.02 Å². The summed E-state index contributed by atoms with van der Waals surface area (Å²) in [5.41, 5.74) is 10.4. The van der Waals surface area contributed by atoms with E-state index in [1.54, 1.807) is 13.0 Å². The van der Waals surface area contributed by atoms with Crippen LogP contribution >= 0.6 is 11.6 Å². The number of rotatable bonds is 2. The van der Waals surface area contributed by atoms with E-state index in [-0.39, 0.29) is 0 Å². The van der Waals surface area contributed by atoms with E-state index >= 15 is 0 Å². The van der Waals surface area contributed by atoms with E-state index in [4.69, 9.17) is 27.3 Å². The molecule has 0 aliphatic carbocycles. The van der Waals surface area contributed by atoms with Crippen molar-refractivity contribution in [3.8, 4) is 0 Å². The van der Waals surface area contributed by atoms with E-state index in [0.717, 1.165) is 33.0 Å². The van der Waals surface area contributed by atoms with Gasteiger partial charge in [0.25, 0.3) is 0 Å². The summed E-state index contributed by atoms with van der Waals surface area (Å²) in [4.78, 5) is 21.3. The fourth-order valence-electron chi connectivity index (χ4n) is 3.05. The molecular formula is C18H15ClN4O. The minimum absolute atomic E-state index is 0.421. The highest BCUT2D eigenvalue weighted by Crippen LogP contribution is 2.32. The number of nitrogens with zero attached hydrogens (tertiary/aromatic N) is 3. The van der Waals surface area contributed by atoms with Crippen LogP contribution in [0.25, 0.3) is 33.1 Å². The fraction of sp³-hybridized carbons (Fsp3) is 0.167. The molecule has 4 rings (SSSR count). The van der Waals surface area contributed by atoms with Crippen LogP contribution in [0, 0.1) is 6.92 Å². The van der Waals surface area contributed by atoms with Crippen LogP contribution in [0.1, 0.15) is 18.5 Å². The zero-order valence-electron chi connectivity index (χ0n) is 13.2. The zero-order chi connectivity index (χ0) is 17.0. The molecule has 0 aliphatic rings. The summed E-state index contributed by atoms with van der Waals surface area (Å²) >= 11 is 6.16. The summed E-state index contributed by atoms with van der Waals surface area (Å²) in [5.74, 6) is -0.421. The normalized spacial score (nSPS) is 13.0. The number of aryl methyl sites for hydroxylation is 1. The smallest absolute Gasteiger partial charge is 0.240 e. The summed E-state index contributed by atoms with van der Waals surface area (Å²) in [5, 5.41) is 1.47. The van der Waals surface area contributed by atoms with Gasteiger partial charge in [-0.2, -0.15) is 0 Å². The maximum absolute atomic E-state index is 11.8. The van der Waals surface area contributed by atoms with Crippen LogP contribution < -0.4 is 5.73 Å². The number of hydrogen-bond donors (Lipinski definition) is 1. The van der Waals surface area contributed by atoms with Crippen molar-refractivity contribution in [3.05, 3.63) is 47.0 Å². The van der Waals surface area contributed by atoms with Gasteiger partial charge in [0.05, 0.1) is 16.6 Å². The Hall–Kier alpha value is -2.66. The summed E-state index contributed by atoms with van der Waals surface area (Å²) in [6, 6.07) is 10.9. The van der Waals surface area contributed by atoms with Crippen LogP contribution in [-0.4, -0.2) is 20.4 Å². The summed E-state index contributed by atoms with van der Waals surface area (Å²) < 4.78 is 1.83. The number of benzene rings is 2. The molecule has 6 heteroatoms. The molecule has 1 amide bonds. The SMILES string of the molecule is Cc1ccc2nc3c4cc(Cl)ccc4n(C(C)C(N)=O)c3nc2c1. The standard InChI is InChI=1S/C18H15ClN4O/c1-9-3-5-13-14(7-9)22-18-16(21-13)12-8-11(19)4-6-15(12)23(18)10(2)17(20)24/h3-8,10H,1-2H3,(H2,20,24). The van der Waals surface area contributed by atoms with Crippen LogP contribution in [0.15, 0.2) is 36.4 Å². The molecule has 0 spiro atoms. The zero-order valence-corrected chi connectivity index (χ0v) is 14.0. The monoisotopic (exact) mass is 338 g/mol. The number of amides is 1. The highest BCUT2D eigenvalue weighted by Gasteiger charge is 2.21. The van der Waals surface area contributed by atoms with E-state index in [2.05, 4.69) is 0 Å². The predicted molar refractivity (Wildman–Crippen MR) is 96.2 cm³/mol. The number of nitrogens with two attached hydrogens (primary N) is 1. The molecule has 4 aromatic rings. The minimum Gasteiger partial charge on any atom is -0.368 e. The summed E-state index contributed by atoms with van der Waals surface area (Å²) in [6.45, 7) is 3.77. The van der Waals surface area contributed by atoms with E-state index in [1.807, 2.05) is 41.8 Å². The number of primary amides is 1. The van der Waals surface area contributed by atoms with Gasteiger partial charge in [0.2, 0.25) is 5.91 Å². The van der Waals surface area contributed by atoms with E-state index in [9.17, 15) is 4.79 Å². The molecule has 2 aromatic carbocycles. The summed E-state index contributed by atoms with van der Waals surface area (Å²) in [6.07, 6.45) is 0. The lowest BCUT2D eigenvalue weighted by Crippen LogP contribution is -2.24. The van der Waals surface area contributed by atoms with Gasteiger partial charge < -0.3 is 10.3 Å². The van der Waals surface area contributed by atoms with Gasteiger partial charge in [0.15, 0.2) is 5.65 Å². The van der Waals surface area contributed by atoms with Gasteiger partial charge in [0.1, 0.15) is 11.6 Å². The highest BCUT2D eigenvalue weighted by atomic mass is 35.5. The molecule has 0 saturated heterocycles. The van der Waals surface area contributed by atoms with Gasteiger partial charge in [0, 0.05) is 10.4 Å². The molecule has 0 bridgehead atoms. The molecule has 2 heterocycles. The van der Waals surface area contributed by atoms with Gasteiger partial charge >= 0.3 is 0 Å². The second-order valence-electron chi connectivity index (χ2n) is 6.00. The number of halogens is 1. The third kappa shape index (κ3) is 2.12. The Balaban J connectivity index is 2.22. The first-order valence-electron chi connectivity index (χ1n) is 7.62. The van der Waals surface area contributed by atoms with Crippen LogP contribution in [0.3, 0.4) is 0 Å². The lowest BCUT2D eigenvalue weighted by Gasteiger charge is -2.12. The van der Waals surface area contributed by atoms with Crippen molar-refractivity contribution >= 4 is 50.6 Å². The van der Waals surface area contributed by atoms with Crippen molar-refractivity contribution in [2.24, 2.45) is 5.73 Å². The maximum atomic E-state index is 11.8. The molecule has 0 radical (unpaired) electrons. The highest BCUT2D eigenvalue weighted by molar-refractivity contribution is 6.31. The van der Waals surface area contributed by atoms with E-state index < -0.39 is 11.9 Å². The molecule has 0 fully saturated rings. The Morgan fingerprint density at radius 2 is 1.96 bits per heavy atom. The quantitative estimate of drug-likeness (QED) is 0.605. The third-order valence-electron chi connectivity index (χ3n) is 4.30. The first kappa shape index (κ1) is 14.9. The lowest BCUT2D eigenvalue weighted by molar-refractivity contribution is -0.120. The molecule has 0 saturated carbocycles. The van der Waals surface area contributed by atoms with Gasteiger partial charge in [-0.05, 0) is 49.7 Å². The molecule has 0 aliphatic heterocycles. The van der Waals surface area contributed by atoms with Crippen LogP contribution in [-0.2, 0) is 4.79 Å². The number of fused-ring (bicyclic) bond motifs is 4. The number of carbonyl (C=O) groups excluding carboxylic acids is 1. The van der Waals surface area contributed by atoms with Crippen molar-refractivity contribution in [1.29, 1.82) is 0 Å². The van der Waals surface area contributed by atoms with Gasteiger partial charge in [-0.25, -0.2) is 9.97 Å². The molecule has 5 nitrogen and oxygen atoms in total. The number of aromatic nitrogens is 3. The number of hydrogen-bond acceptors (Lipinski definition) is 3. The average Bonchev–Trinajstić information content (AvgIpc) is 2.84. The molecule has 1 unspecified atom stereocenters.